The Morgan fingerprint density at radius 3 is 2.58 bits per heavy atom. The predicted octanol–water partition coefficient (Wildman–Crippen LogP) is 2.01. The summed E-state index contributed by atoms with van der Waals surface area (Å²) in [6.45, 7) is 1.31. The summed E-state index contributed by atoms with van der Waals surface area (Å²) in [6.07, 6.45) is 0. The first kappa shape index (κ1) is 16.1. The van der Waals surface area contributed by atoms with Gasteiger partial charge in [0.1, 0.15) is 12.4 Å². The van der Waals surface area contributed by atoms with Crippen molar-refractivity contribution in [3.05, 3.63) is 48.0 Å². The molecule has 2 aromatic carbocycles. The number of hydrogen-bond donors (Lipinski definition) is 2. The molecule has 0 bridgehead atoms. The van der Waals surface area contributed by atoms with E-state index in [-0.39, 0.29) is 10.5 Å². The molecule has 1 aliphatic rings. The number of aromatic carboxylic acids is 1. The lowest BCUT2D eigenvalue weighted by Crippen LogP contribution is -2.28. The number of anilines is 2. The summed E-state index contributed by atoms with van der Waals surface area (Å²) in [4.78, 5) is 12.8. The number of likely N-dealkylation sites (N-methyl/N-ethyl adjacent to an activating group) is 1. The lowest BCUT2D eigenvalue weighted by atomic mass is 10.2. The standard InChI is InChI=1S/C16H16N2O5S/c1-18-8-9-23-15-7-4-12(10-14(15)18)17-24(21,22)13-5-2-11(3-6-13)16(19)20/h2-7,10,17H,8-9H2,1H3,(H,19,20). The van der Waals surface area contributed by atoms with Crippen LogP contribution in [0.2, 0.25) is 0 Å². The maximum absolute atomic E-state index is 12.4. The molecule has 0 saturated heterocycles. The molecule has 2 aromatic rings. The summed E-state index contributed by atoms with van der Waals surface area (Å²) in [5.74, 6) is -0.401. The minimum Gasteiger partial charge on any atom is -0.490 e. The van der Waals surface area contributed by atoms with E-state index in [0.717, 1.165) is 12.2 Å². The monoisotopic (exact) mass is 348 g/mol. The molecule has 0 amide bonds. The summed E-state index contributed by atoms with van der Waals surface area (Å²) in [6, 6.07) is 10.1. The minimum absolute atomic E-state index is 0.00479. The topological polar surface area (TPSA) is 95.9 Å². The van der Waals surface area contributed by atoms with Gasteiger partial charge in [-0.3, -0.25) is 4.72 Å². The van der Waals surface area contributed by atoms with Gasteiger partial charge in [-0.15, -0.1) is 0 Å². The Kier molecular flexibility index (Phi) is 4.06. The summed E-state index contributed by atoms with van der Waals surface area (Å²) in [7, 11) is -1.90. The molecule has 0 radical (unpaired) electrons. The van der Waals surface area contributed by atoms with Gasteiger partial charge in [-0.1, -0.05) is 0 Å². The first-order valence-electron chi connectivity index (χ1n) is 7.21. The molecule has 8 heteroatoms. The number of carbonyl (C=O) groups is 1. The molecule has 0 unspecified atom stereocenters. The average molecular weight is 348 g/mol. The van der Waals surface area contributed by atoms with Gasteiger partial charge in [-0.05, 0) is 42.5 Å². The first-order valence-corrected chi connectivity index (χ1v) is 8.69. The van der Waals surface area contributed by atoms with Crippen molar-refractivity contribution in [3.8, 4) is 5.75 Å². The van der Waals surface area contributed by atoms with Crippen LogP contribution in [0.1, 0.15) is 10.4 Å². The Morgan fingerprint density at radius 2 is 1.92 bits per heavy atom. The molecule has 0 aromatic heterocycles. The molecule has 1 heterocycles. The van der Waals surface area contributed by atoms with Crippen molar-refractivity contribution in [3.63, 3.8) is 0 Å². The van der Waals surface area contributed by atoms with E-state index in [9.17, 15) is 13.2 Å². The molecular formula is C16H16N2O5S. The van der Waals surface area contributed by atoms with Gasteiger partial charge in [-0.2, -0.15) is 0 Å². The van der Waals surface area contributed by atoms with Crippen LogP contribution in [0.3, 0.4) is 0 Å². The van der Waals surface area contributed by atoms with Gasteiger partial charge < -0.3 is 14.7 Å². The molecule has 0 saturated carbocycles. The average Bonchev–Trinajstić information content (AvgIpc) is 2.55. The van der Waals surface area contributed by atoms with Gasteiger partial charge in [0.25, 0.3) is 10.0 Å². The molecule has 126 valence electrons. The minimum atomic E-state index is -3.80. The van der Waals surface area contributed by atoms with Crippen molar-refractivity contribution in [1.82, 2.24) is 0 Å². The molecule has 3 rings (SSSR count). The molecule has 1 aliphatic heterocycles. The summed E-state index contributed by atoms with van der Waals surface area (Å²) in [5.41, 5.74) is 1.25. The van der Waals surface area contributed by atoms with E-state index in [4.69, 9.17) is 9.84 Å². The zero-order valence-electron chi connectivity index (χ0n) is 12.9. The van der Waals surface area contributed by atoms with Crippen LogP contribution >= 0.6 is 0 Å². The Labute approximate surface area is 139 Å². The van der Waals surface area contributed by atoms with E-state index in [0.29, 0.717) is 18.0 Å². The smallest absolute Gasteiger partial charge is 0.335 e. The molecule has 0 aliphatic carbocycles. The van der Waals surface area contributed by atoms with Crippen LogP contribution in [0.5, 0.6) is 5.75 Å². The molecule has 0 atom stereocenters. The zero-order valence-corrected chi connectivity index (χ0v) is 13.7. The highest BCUT2D eigenvalue weighted by atomic mass is 32.2. The summed E-state index contributed by atoms with van der Waals surface area (Å²) >= 11 is 0. The van der Waals surface area contributed by atoms with Crippen LogP contribution in [0.4, 0.5) is 11.4 Å². The number of nitrogens with zero attached hydrogens (tertiary/aromatic N) is 1. The third kappa shape index (κ3) is 3.13. The van der Waals surface area contributed by atoms with E-state index < -0.39 is 16.0 Å². The molecule has 0 fully saturated rings. The molecule has 0 spiro atoms. The van der Waals surface area contributed by atoms with E-state index in [1.807, 2.05) is 11.9 Å². The van der Waals surface area contributed by atoms with E-state index in [1.54, 1.807) is 18.2 Å². The van der Waals surface area contributed by atoms with Gasteiger partial charge >= 0.3 is 5.97 Å². The van der Waals surface area contributed by atoms with Crippen LogP contribution in [-0.2, 0) is 10.0 Å². The van der Waals surface area contributed by atoms with Crippen molar-refractivity contribution in [2.45, 2.75) is 4.90 Å². The number of carboxylic acids is 1. The maximum Gasteiger partial charge on any atom is 0.335 e. The van der Waals surface area contributed by atoms with Gasteiger partial charge in [0.15, 0.2) is 0 Å². The quantitative estimate of drug-likeness (QED) is 0.877. The highest BCUT2D eigenvalue weighted by Gasteiger charge is 2.19. The Hall–Kier alpha value is -2.74. The van der Waals surface area contributed by atoms with Crippen LogP contribution in [0.15, 0.2) is 47.4 Å². The Balaban J connectivity index is 1.87. The van der Waals surface area contributed by atoms with Gasteiger partial charge in [-0.25, -0.2) is 13.2 Å². The van der Waals surface area contributed by atoms with Gasteiger partial charge in [0.2, 0.25) is 0 Å². The van der Waals surface area contributed by atoms with E-state index in [1.165, 1.54) is 24.3 Å². The fourth-order valence-corrected chi connectivity index (χ4v) is 3.45. The van der Waals surface area contributed by atoms with E-state index in [2.05, 4.69) is 4.72 Å². The third-order valence-electron chi connectivity index (χ3n) is 3.72. The second-order valence-corrected chi connectivity index (χ2v) is 7.07. The molecule has 2 N–H and O–H groups in total. The molecular weight excluding hydrogens is 332 g/mol. The molecule has 7 nitrogen and oxygen atoms in total. The highest BCUT2D eigenvalue weighted by molar-refractivity contribution is 7.92. The zero-order chi connectivity index (χ0) is 17.3. The number of carboxylic acid groups (broad SMARTS) is 1. The first-order chi connectivity index (χ1) is 11.4. The number of ether oxygens (including phenoxy) is 1. The van der Waals surface area contributed by atoms with Crippen LogP contribution in [0.25, 0.3) is 0 Å². The number of nitrogens with one attached hydrogen (secondary N) is 1. The highest BCUT2D eigenvalue weighted by Crippen LogP contribution is 2.33. The second kappa shape index (κ2) is 6.04. The second-order valence-electron chi connectivity index (χ2n) is 5.39. The van der Waals surface area contributed by atoms with Crippen molar-refractivity contribution < 1.29 is 23.1 Å². The van der Waals surface area contributed by atoms with Crippen LogP contribution in [-0.4, -0.2) is 39.7 Å². The van der Waals surface area contributed by atoms with E-state index >= 15 is 0 Å². The number of benzene rings is 2. The van der Waals surface area contributed by atoms with Crippen molar-refractivity contribution in [2.75, 3.05) is 29.8 Å². The number of fused-ring (bicyclic) bond motifs is 1. The Morgan fingerprint density at radius 1 is 1.21 bits per heavy atom. The van der Waals surface area contributed by atoms with Crippen molar-refractivity contribution in [2.24, 2.45) is 0 Å². The Bertz CT molecular complexity index is 878. The van der Waals surface area contributed by atoms with Crippen LogP contribution < -0.4 is 14.4 Å². The predicted molar refractivity (Wildman–Crippen MR) is 89.4 cm³/mol. The van der Waals surface area contributed by atoms with Crippen LogP contribution in [0, 0.1) is 0 Å². The fourth-order valence-electron chi connectivity index (χ4n) is 2.40. The van der Waals surface area contributed by atoms with Gasteiger partial charge in [0.05, 0.1) is 28.4 Å². The largest absolute Gasteiger partial charge is 0.490 e. The number of hydrogen-bond acceptors (Lipinski definition) is 5. The SMILES string of the molecule is CN1CCOc2ccc(NS(=O)(=O)c3ccc(C(=O)O)cc3)cc21. The molecule has 24 heavy (non-hydrogen) atoms. The maximum atomic E-state index is 12.4. The number of rotatable bonds is 4. The number of sulfonamides is 1. The summed E-state index contributed by atoms with van der Waals surface area (Å²) < 4.78 is 32.9. The lowest BCUT2D eigenvalue weighted by Gasteiger charge is -2.28. The van der Waals surface area contributed by atoms with Gasteiger partial charge in [0, 0.05) is 7.05 Å². The normalized spacial score (nSPS) is 13.8. The lowest BCUT2D eigenvalue weighted by molar-refractivity contribution is 0.0696. The third-order valence-corrected chi connectivity index (χ3v) is 5.12. The van der Waals surface area contributed by atoms with Crippen molar-refractivity contribution >= 4 is 27.4 Å². The summed E-state index contributed by atoms with van der Waals surface area (Å²) in [5, 5.41) is 8.87. The fraction of sp³-hybridized carbons (Fsp3) is 0.188. The van der Waals surface area contributed by atoms with Crippen molar-refractivity contribution in [1.29, 1.82) is 0 Å².